The van der Waals surface area contributed by atoms with Crippen molar-refractivity contribution in [1.82, 2.24) is 9.78 Å². The van der Waals surface area contributed by atoms with Crippen LogP contribution >= 0.6 is 0 Å². The van der Waals surface area contributed by atoms with Crippen LogP contribution in [0.15, 0.2) is 35.2 Å². The first kappa shape index (κ1) is 12.8. The first-order chi connectivity index (χ1) is 8.39. The Morgan fingerprint density at radius 3 is 2.33 bits per heavy atom. The van der Waals surface area contributed by atoms with E-state index in [-0.39, 0.29) is 4.90 Å². The summed E-state index contributed by atoms with van der Waals surface area (Å²) in [5, 5.41) is 4.15. The van der Waals surface area contributed by atoms with Crippen LogP contribution in [0, 0.1) is 13.8 Å². The van der Waals surface area contributed by atoms with Crippen LogP contribution in [0.3, 0.4) is 0 Å². The molecule has 18 heavy (non-hydrogen) atoms. The highest BCUT2D eigenvalue weighted by molar-refractivity contribution is 7.86. The van der Waals surface area contributed by atoms with Crippen LogP contribution in [0.4, 0.5) is 0 Å². The maximum atomic E-state index is 11.2. The highest BCUT2D eigenvalue weighted by Crippen LogP contribution is 2.19. The van der Waals surface area contributed by atoms with E-state index in [0.717, 1.165) is 5.56 Å². The topological polar surface area (TPSA) is 72.2 Å². The van der Waals surface area contributed by atoms with Crippen molar-refractivity contribution in [1.29, 1.82) is 0 Å². The molecule has 0 unspecified atom stereocenters. The van der Waals surface area contributed by atoms with Crippen LogP contribution in [-0.4, -0.2) is 22.8 Å². The van der Waals surface area contributed by atoms with Crippen LogP contribution < -0.4 is 0 Å². The molecule has 1 heterocycles. The van der Waals surface area contributed by atoms with Crippen molar-refractivity contribution in [2.75, 3.05) is 0 Å². The average Bonchev–Trinajstić information content (AvgIpc) is 2.54. The minimum Gasteiger partial charge on any atom is -0.282 e. The van der Waals surface area contributed by atoms with E-state index >= 15 is 0 Å². The summed E-state index contributed by atoms with van der Waals surface area (Å²) in [5.41, 5.74) is 1.77. The van der Waals surface area contributed by atoms with Gasteiger partial charge in [-0.15, -0.1) is 0 Å². The van der Waals surface area contributed by atoms with E-state index in [1.165, 1.54) is 0 Å². The summed E-state index contributed by atoms with van der Waals surface area (Å²) in [6.45, 7) is 3.67. The smallest absolute Gasteiger partial charge is 0.282 e. The van der Waals surface area contributed by atoms with Crippen molar-refractivity contribution in [3.63, 3.8) is 0 Å². The molecule has 2 aromatic rings. The summed E-state index contributed by atoms with van der Waals surface area (Å²) in [6.07, 6.45) is 0. The quantitative estimate of drug-likeness (QED) is 0.860. The third kappa shape index (κ3) is 2.44. The molecule has 0 spiro atoms. The fraction of sp³-hybridized carbons (Fsp3) is 0.250. The van der Waals surface area contributed by atoms with E-state index in [9.17, 15) is 8.42 Å². The molecular weight excluding hydrogens is 252 g/mol. The first-order valence-corrected chi connectivity index (χ1v) is 6.89. The number of benzene rings is 1. The summed E-state index contributed by atoms with van der Waals surface area (Å²) >= 11 is 0. The molecule has 0 aliphatic heterocycles. The van der Waals surface area contributed by atoms with Crippen molar-refractivity contribution in [3.05, 3.63) is 47.3 Å². The molecule has 0 bridgehead atoms. The summed E-state index contributed by atoms with van der Waals surface area (Å²) in [5.74, 6) is 0. The van der Waals surface area contributed by atoms with Gasteiger partial charge in [0, 0.05) is 0 Å². The lowest BCUT2D eigenvalue weighted by Gasteiger charge is -2.04. The van der Waals surface area contributed by atoms with Crippen LogP contribution in [0.1, 0.15) is 17.0 Å². The van der Waals surface area contributed by atoms with E-state index < -0.39 is 10.1 Å². The predicted octanol–water partition coefficient (Wildman–Crippen LogP) is 1.79. The molecule has 0 aliphatic carbocycles. The number of hydrogen-bond acceptors (Lipinski definition) is 3. The molecule has 2 rings (SSSR count). The maximum absolute atomic E-state index is 11.2. The summed E-state index contributed by atoms with van der Waals surface area (Å²) in [6, 6.07) is 9.59. The van der Waals surface area contributed by atoms with E-state index in [0.29, 0.717) is 17.9 Å². The molecule has 96 valence electrons. The molecule has 0 aliphatic rings. The van der Waals surface area contributed by atoms with Crippen molar-refractivity contribution < 1.29 is 13.0 Å². The van der Waals surface area contributed by atoms with E-state index in [4.69, 9.17) is 4.55 Å². The number of aryl methyl sites for hydroxylation is 1. The molecule has 5 nitrogen and oxygen atoms in total. The van der Waals surface area contributed by atoms with Crippen molar-refractivity contribution in [2.45, 2.75) is 25.3 Å². The Morgan fingerprint density at radius 2 is 1.83 bits per heavy atom. The zero-order valence-corrected chi connectivity index (χ0v) is 11.0. The van der Waals surface area contributed by atoms with Gasteiger partial charge in [0.15, 0.2) is 0 Å². The van der Waals surface area contributed by atoms with Gasteiger partial charge in [-0.1, -0.05) is 30.3 Å². The SMILES string of the molecule is Cc1nn(Cc2ccccc2)c(C)c1S(=O)(=O)O. The van der Waals surface area contributed by atoms with Gasteiger partial charge in [-0.25, -0.2) is 0 Å². The lowest BCUT2D eigenvalue weighted by Crippen LogP contribution is -2.05. The Hall–Kier alpha value is -1.66. The molecule has 0 atom stereocenters. The van der Waals surface area contributed by atoms with Gasteiger partial charge >= 0.3 is 0 Å². The number of aromatic nitrogens is 2. The Bertz CT molecular complexity index is 660. The minimum atomic E-state index is -4.22. The minimum absolute atomic E-state index is 0.0987. The second-order valence-electron chi connectivity index (χ2n) is 4.12. The fourth-order valence-electron chi connectivity index (χ4n) is 1.96. The van der Waals surface area contributed by atoms with Gasteiger partial charge in [0.05, 0.1) is 17.9 Å². The highest BCUT2D eigenvalue weighted by atomic mass is 32.2. The largest absolute Gasteiger partial charge is 0.298 e. The Morgan fingerprint density at radius 1 is 1.22 bits per heavy atom. The molecule has 1 aromatic heterocycles. The zero-order chi connectivity index (χ0) is 13.3. The van der Waals surface area contributed by atoms with Crippen molar-refractivity contribution in [2.24, 2.45) is 0 Å². The molecular formula is C12H14N2O3S. The third-order valence-electron chi connectivity index (χ3n) is 2.75. The highest BCUT2D eigenvalue weighted by Gasteiger charge is 2.22. The lowest BCUT2D eigenvalue weighted by atomic mass is 10.2. The molecule has 0 fully saturated rings. The molecule has 1 N–H and O–H groups in total. The van der Waals surface area contributed by atoms with E-state index in [2.05, 4.69) is 5.10 Å². The van der Waals surface area contributed by atoms with Crippen LogP contribution in [0.25, 0.3) is 0 Å². The van der Waals surface area contributed by atoms with E-state index in [1.54, 1.807) is 18.5 Å². The Balaban J connectivity index is 2.43. The van der Waals surface area contributed by atoms with Gasteiger partial charge in [0.25, 0.3) is 10.1 Å². The monoisotopic (exact) mass is 266 g/mol. The summed E-state index contributed by atoms with van der Waals surface area (Å²) in [4.78, 5) is -0.0987. The molecule has 0 amide bonds. The second-order valence-corrected chi connectivity index (χ2v) is 5.48. The van der Waals surface area contributed by atoms with Gasteiger partial charge in [0.1, 0.15) is 4.90 Å². The van der Waals surface area contributed by atoms with Gasteiger partial charge in [-0.2, -0.15) is 13.5 Å². The van der Waals surface area contributed by atoms with Crippen molar-refractivity contribution >= 4 is 10.1 Å². The molecule has 6 heteroatoms. The number of hydrogen-bond donors (Lipinski definition) is 1. The van der Waals surface area contributed by atoms with Gasteiger partial charge in [-0.3, -0.25) is 9.23 Å². The number of nitrogens with zero attached hydrogens (tertiary/aromatic N) is 2. The first-order valence-electron chi connectivity index (χ1n) is 5.45. The second kappa shape index (κ2) is 4.55. The molecule has 0 saturated carbocycles. The molecule has 0 saturated heterocycles. The third-order valence-corrected chi connectivity index (χ3v) is 3.85. The Labute approximate surface area is 106 Å². The predicted molar refractivity (Wildman–Crippen MR) is 67.1 cm³/mol. The van der Waals surface area contributed by atoms with Crippen LogP contribution in [-0.2, 0) is 16.7 Å². The molecule has 0 radical (unpaired) electrons. The van der Waals surface area contributed by atoms with Crippen LogP contribution in [0.5, 0.6) is 0 Å². The fourth-order valence-corrected chi connectivity index (χ4v) is 2.86. The maximum Gasteiger partial charge on any atom is 0.298 e. The van der Waals surface area contributed by atoms with Gasteiger partial charge in [0.2, 0.25) is 0 Å². The van der Waals surface area contributed by atoms with Crippen molar-refractivity contribution in [3.8, 4) is 0 Å². The summed E-state index contributed by atoms with van der Waals surface area (Å²) < 4.78 is 33.2. The van der Waals surface area contributed by atoms with Crippen LogP contribution in [0.2, 0.25) is 0 Å². The van der Waals surface area contributed by atoms with Gasteiger partial charge in [-0.05, 0) is 19.4 Å². The zero-order valence-electron chi connectivity index (χ0n) is 10.2. The normalized spacial score (nSPS) is 11.7. The number of rotatable bonds is 3. The standard InChI is InChI=1S/C12H14N2O3S/c1-9-12(18(15,16)17)10(2)14(13-9)8-11-6-4-3-5-7-11/h3-7H,8H2,1-2H3,(H,15,16,17). The lowest BCUT2D eigenvalue weighted by molar-refractivity contribution is 0.481. The average molecular weight is 266 g/mol. The molecule has 1 aromatic carbocycles. The van der Waals surface area contributed by atoms with Gasteiger partial charge < -0.3 is 0 Å². The summed E-state index contributed by atoms with van der Waals surface area (Å²) in [7, 11) is -4.22. The Kier molecular flexibility index (Phi) is 3.23. The van der Waals surface area contributed by atoms with E-state index in [1.807, 2.05) is 30.3 Å².